The number of rotatable bonds is 3. The highest BCUT2D eigenvalue weighted by atomic mass is 15.3. The van der Waals surface area contributed by atoms with Gasteiger partial charge in [-0.15, -0.1) is 0 Å². The highest BCUT2D eigenvalue weighted by molar-refractivity contribution is 5.23. The molecule has 1 aromatic rings. The van der Waals surface area contributed by atoms with Crippen molar-refractivity contribution in [2.75, 3.05) is 6.54 Å². The van der Waals surface area contributed by atoms with Crippen molar-refractivity contribution in [3.63, 3.8) is 0 Å². The average Bonchev–Trinajstić information content (AvgIpc) is 2.50. The molecule has 3 nitrogen and oxygen atoms in total. The van der Waals surface area contributed by atoms with E-state index < -0.39 is 0 Å². The Morgan fingerprint density at radius 3 is 3.20 bits per heavy atom. The molecule has 1 unspecified atom stereocenters. The van der Waals surface area contributed by atoms with Crippen molar-refractivity contribution in [1.82, 2.24) is 15.1 Å². The van der Waals surface area contributed by atoms with Crippen molar-refractivity contribution >= 4 is 0 Å². The Morgan fingerprint density at radius 2 is 2.40 bits per heavy atom. The molecular formula is C12H21N3. The number of nitrogens with one attached hydrogen (secondary N) is 1. The van der Waals surface area contributed by atoms with E-state index in [1.54, 1.807) is 0 Å². The van der Waals surface area contributed by atoms with Crippen LogP contribution in [0.4, 0.5) is 0 Å². The quantitative estimate of drug-likeness (QED) is 0.770. The third-order valence-corrected chi connectivity index (χ3v) is 3.27. The molecule has 1 aromatic heterocycles. The molecule has 1 atom stereocenters. The van der Waals surface area contributed by atoms with Gasteiger partial charge in [0.2, 0.25) is 0 Å². The molecule has 1 heterocycles. The predicted octanol–water partition coefficient (Wildman–Crippen LogP) is 2.19. The Morgan fingerprint density at radius 1 is 1.53 bits per heavy atom. The van der Waals surface area contributed by atoms with E-state index in [4.69, 9.17) is 0 Å². The third kappa shape index (κ3) is 2.23. The molecule has 84 valence electrons. The number of nitrogens with zero attached hydrogens (tertiary/aromatic N) is 2. The van der Waals surface area contributed by atoms with Crippen LogP contribution in [0.5, 0.6) is 0 Å². The summed E-state index contributed by atoms with van der Waals surface area (Å²) in [5.74, 6) is 0. The van der Waals surface area contributed by atoms with Crippen molar-refractivity contribution in [3.05, 3.63) is 17.5 Å². The lowest BCUT2D eigenvalue weighted by atomic mass is 10.1. The van der Waals surface area contributed by atoms with Crippen LogP contribution in [0.15, 0.2) is 6.20 Å². The summed E-state index contributed by atoms with van der Waals surface area (Å²) in [6.07, 6.45) is 8.34. The normalized spacial score (nSPS) is 21.1. The Balaban J connectivity index is 2.17. The molecule has 0 radical (unpaired) electrons. The minimum Gasteiger partial charge on any atom is -0.310 e. The maximum atomic E-state index is 4.37. The number of aryl methyl sites for hydroxylation is 1. The summed E-state index contributed by atoms with van der Waals surface area (Å²) in [4.78, 5) is 0. The second kappa shape index (κ2) is 4.79. The Kier molecular flexibility index (Phi) is 3.41. The minimum absolute atomic E-state index is 0.538. The van der Waals surface area contributed by atoms with E-state index in [0.717, 1.165) is 6.54 Å². The fourth-order valence-electron chi connectivity index (χ4n) is 2.40. The highest BCUT2D eigenvalue weighted by Crippen LogP contribution is 2.27. The maximum Gasteiger partial charge on any atom is 0.0540 e. The van der Waals surface area contributed by atoms with Crippen LogP contribution < -0.4 is 5.32 Å². The number of fused-ring (bicyclic) bond motifs is 1. The summed E-state index contributed by atoms with van der Waals surface area (Å²) >= 11 is 0. The lowest BCUT2D eigenvalue weighted by Gasteiger charge is -2.16. The zero-order chi connectivity index (χ0) is 10.7. The fraction of sp³-hybridized carbons (Fsp3) is 0.750. The van der Waals surface area contributed by atoms with Crippen LogP contribution in [0.25, 0.3) is 0 Å². The van der Waals surface area contributed by atoms with Gasteiger partial charge in [0.05, 0.1) is 6.20 Å². The molecule has 0 amide bonds. The summed E-state index contributed by atoms with van der Waals surface area (Å²) in [6, 6.07) is 0.538. The Labute approximate surface area is 91.9 Å². The largest absolute Gasteiger partial charge is 0.310 e. The topological polar surface area (TPSA) is 29.9 Å². The predicted molar refractivity (Wildman–Crippen MR) is 61.8 cm³/mol. The maximum absolute atomic E-state index is 4.37. The molecule has 0 spiro atoms. The van der Waals surface area contributed by atoms with Gasteiger partial charge >= 0.3 is 0 Å². The molecule has 2 rings (SSSR count). The number of hydrogen-bond donors (Lipinski definition) is 1. The van der Waals surface area contributed by atoms with Crippen molar-refractivity contribution < 1.29 is 0 Å². The van der Waals surface area contributed by atoms with E-state index in [9.17, 15) is 0 Å². The molecular weight excluding hydrogens is 186 g/mol. The van der Waals surface area contributed by atoms with Gasteiger partial charge in [0.15, 0.2) is 0 Å². The van der Waals surface area contributed by atoms with Gasteiger partial charge in [-0.05, 0) is 32.2 Å². The third-order valence-electron chi connectivity index (χ3n) is 3.27. The summed E-state index contributed by atoms with van der Waals surface area (Å²) in [6.45, 7) is 3.33. The SMILES string of the molecule is CCCNC1CCCCc2c1cnn2C. The highest BCUT2D eigenvalue weighted by Gasteiger charge is 2.20. The second-order valence-corrected chi connectivity index (χ2v) is 4.42. The standard InChI is InChI=1S/C12H21N3/c1-3-8-13-11-6-4-5-7-12-10(11)9-14-15(12)2/h9,11,13H,3-8H2,1-2H3. The first kappa shape index (κ1) is 10.7. The monoisotopic (exact) mass is 207 g/mol. The molecule has 0 saturated carbocycles. The van der Waals surface area contributed by atoms with Gasteiger partial charge in [0.1, 0.15) is 0 Å². The molecule has 0 fully saturated rings. The number of aromatic nitrogens is 2. The first-order chi connectivity index (χ1) is 7.33. The zero-order valence-corrected chi connectivity index (χ0v) is 9.79. The molecule has 15 heavy (non-hydrogen) atoms. The first-order valence-electron chi connectivity index (χ1n) is 6.07. The van der Waals surface area contributed by atoms with E-state index >= 15 is 0 Å². The lowest BCUT2D eigenvalue weighted by molar-refractivity contribution is 0.489. The van der Waals surface area contributed by atoms with Crippen LogP contribution in [-0.4, -0.2) is 16.3 Å². The molecule has 0 bridgehead atoms. The Hall–Kier alpha value is -0.830. The van der Waals surface area contributed by atoms with Gasteiger partial charge in [0, 0.05) is 24.3 Å². The summed E-state index contributed by atoms with van der Waals surface area (Å²) < 4.78 is 2.04. The molecule has 0 aromatic carbocycles. The van der Waals surface area contributed by atoms with Crippen LogP contribution in [0, 0.1) is 0 Å². The van der Waals surface area contributed by atoms with Gasteiger partial charge < -0.3 is 5.32 Å². The van der Waals surface area contributed by atoms with E-state index in [1.165, 1.54) is 43.4 Å². The van der Waals surface area contributed by atoms with E-state index in [1.807, 2.05) is 10.9 Å². The van der Waals surface area contributed by atoms with Crippen molar-refractivity contribution in [1.29, 1.82) is 0 Å². The van der Waals surface area contributed by atoms with E-state index in [-0.39, 0.29) is 0 Å². The zero-order valence-electron chi connectivity index (χ0n) is 9.79. The summed E-state index contributed by atoms with van der Waals surface area (Å²) in [5, 5.41) is 8.00. The smallest absolute Gasteiger partial charge is 0.0540 e. The Bertz CT molecular complexity index is 317. The first-order valence-corrected chi connectivity index (χ1v) is 6.07. The summed E-state index contributed by atoms with van der Waals surface area (Å²) in [5.41, 5.74) is 2.87. The molecule has 1 N–H and O–H groups in total. The van der Waals surface area contributed by atoms with Crippen molar-refractivity contribution in [3.8, 4) is 0 Å². The summed E-state index contributed by atoms with van der Waals surface area (Å²) in [7, 11) is 2.06. The number of hydrogen-bond acceptors (Lipinski definition) is 2. The molecule has 0 saturated heterocycles. The minimum atomic E-state index is 0.538. The van der Waals surface area contributed by atoms with E-state index in [2.05, 4.69) is 24.4 Å². The van der Waals surface area contributed by atoms with Crippen LogP contribution >= 0.6 is 0 Å². The second-order valence-electron chi connectivity index (χ2n) is 4.42. The van der Waals surface area contributed by atoms with Gasteiger partial charge in [0.25, 0.3) is 0 Å². The van der Waals surface area contributed by atoms with Crippen LogP contribution in [0.3, 0.4) is 0 Å². The van der Waals surface area contributed by atoms with Gasteiger partial charge in [-0.2, -0.15) is 5.10 Å². The molecule has 3 heteroatoms. The lowest BCUT2D eigenvalue weighted by Crippen LogP contribution is -2.22. The van der Waals surface area contributed by atoms with Gasteiger partial charge in [-0.1, -0.05) is 13.3 Å². The molecule has 0 aliphatic heterocycles. The fourth-order valence-corrected chi connectivity index (χ4v) is 2.40. The van der Waals surface area contributed by atoms with Crippen molar-refractivity contribution in [2.24, 2.45) is 7.05 Å². The van der Waals surface area contributed by atoms with Crippen LogP contribution in [0.1, 0.15) is 49.9 Å². The molecule has 1 aliphatic rings. The molecule has 1 aliphatic carbocycles. The van der Waals surface area contributed by atoms with E-state index in [0.29, 0.717) is 6.04 Å². The van der Waals surface area contributed by atoms with Crippen LogP contribution in [-0.2, 0) is 13.5 Å². The van der Waals surface area contributed by atoms with Crippen LogP contribution in [0.2, 0.25) is 0 Å². The van der Waals surface area contributed by atoms with Gasteiger partial charge in [-0.3, -0.25) is 4.68 Å². The van der Waals surface area contributed by atoms with Crippen molar-refractivity contribution in [2.45, 2.75) is 45.1 Å². The average molecular weight is 207 g/mol. The van der Waals surface area contributed by atoms with Gasteiger partial charge in [-0.25, -0.2) is 0 Å².